The van der Waals surface area contributed by atoms with E-state index in [1.165, 1.54) is 0 Å². The van der Waals surface area contributed by atoms with Crippen LogP contribution >= 0.6 is 0 Å². The Bertz CT molecular complexity index is 454. The fourth-order valence-electron chi connectivity index (χ4n) is 1.29. The van der Waals surface area contributed by atoms with Crippen molar-refractivity contribution in [3.63, 3.8) is 0 Å². The Labute approximate surface area is 91.6 Å². The topological polar surface area (TPSA) is 72.2 Å². The van der Waals surface area contributed by atoms with Gasteiger partial charge in [0.15, 0.2) is 0 Å². The highest BCUT2D eigenvalue weighted by atomic mass is 19.1. The number of carboxylic acids is 1. The first-order valence-corrected chi connectivity index (χ1v) is 4.87. The molecule has 16 heavy (non-hydrogen) atoms. The minimum Gasteiger partial charge on any atom is -0.480 e. The number of hydrogen-bond donors (Lipinski definition) is 1. The summed E-state index contributed by atoms with van der Waals surface area (Å²) < 4.78 is 14.2. The number of carboxylic acid groups (broad SMARTS) is 1. The summed E-state index contributed by atoms with van der Waals surface area (Å²) in [6.07, 6.45) is 1.42. The van der Waals surface area contributed by atoms with E-state index in [-0.39, 0.29) is 11.6 Å². The van der Waals surface area contributed by atoms with Crippen molar-refractivity contribution < 1.29 is 14.3 Å². The maximum atomic E-state index is 13.5. The first kappa shape index (κ1) is 12.4. The lowest BCUT2D eigenvalue weighted by Gasteiger charge is -2.07. The first-order chi connectivity index (χ1) is 7.41. The Balaban J connectivity index is 3.08. The van der Waals surface area contributed by atoms with Crippen LogP contribution in [-0.4, -0.2) is 20.6 Å². The highest BCUT2D eigenvalue weighted by Crippen LogP contribution is 2.06. The molecule has 0 aliphatic rings. The molecule has 0 aromatic carbocycles. The van der Waals surface area contributed by atoms with E-state index in [1.54, 1.807) is 0 Å². The second kappa shape index (κ2) is 4.87. The lowest BCUT2D eigenvalue weighted by atomic mass is 10.1. The summed E-state index contributed by atoms with van der Waals surface area (Å²) in [4.78, 5) is 25.5. The normalized spacial score (nSPS) is 10.8. The molecule has 1 heterocycles. The number of carbonyl (C=O) groups is 1. The van der Waals surface area contributed by atoms with E-state index < -0.39 is 23.9 Å². The van der Waals surface area contributed by atoms with Gasteiger partial charge < -0.3 is 5.11 Å². The van der Waals surface area contributed by atoms with Crippen LogP contribution in [0.25, 0.3) is 0 Å². The lowest BCUT2D eigenvalue weighted by molar-refractivity contribution is -0.137. The van der Waals surface area contributed by atoms with Gasteiger partial charge in [-0.05, 0) is 12.3 Å². The zero-order chi connectivity index (χ0) is 12.3. The molecule has 0 atom stereocenters. The van der Waals surface area contributed by atoms with E-state index in [1.807, 2.05) is 13.8 Å². The molecule has 88 valence electrons. The molecule has 0 fully saturated rings. The van der Waals surface area contributed by atoms with Crippen LogP contribution in [0.4, 0.5) is 4.39 Å². The summed E-state index contributed by atoms with van der Waals surface area (Å²) in [5.41, 5.74) is -0.852. The van der Waals surface area contributed by atoms with E-state index in [0.29, 0.717) is 6.42 Å². The van der Waals surface area contributed by atoms with Crippen molar-refractivity contribution in [2.24, 2.45) is 5.92 Å². The summed E-state index contributed by atoms with van der Waals surface area (Å²) in [5, 5.41) is 8.49. The summed E-state index contributed by atoms with van der Waals surface area (Å²) in [6, 6.07) is 0. The van der Waals surface area contributed by atoms with Gasteiger partial charge in [-0.1, -0.05) is 13.8 Å². The molecule has 0 bridgehead atoms. The van der Waals surface area contributed by atoms with Gasteiger partial charge >= 0.3 is 5.97 Å². The third-order valence-electron chi connectivity index (χ3n) is 1.96. The average molecular weight is 228 g/mol. The fraction of sp³-hybridized carbons (Fsp3) is 0.500. The highest BCUT2D eigenvalue weighted by Gasteiger charge is 2.13. The van der Waals surface area contributed by atoms with Gasteiger partial charge in [0.05, 0.1) is 12.0 Å². The molecule has 0 aliphatic carbocycles. The van der Waals surface area contributed by atoms with Crippen LogP contribution in [-0.2, 0) is 17.8 Å². The Kier molecular flexibility index (Phi) is 3.76. The summed E-state index contributed by atoms with van der Waals surface area (Å²) in [6.45, 7) is 3.18. The van der Waals surface area contributed by atoms with Gasteiger partial charge in [0, 0.05) is 0 Å². The Morgan fingerprint density at radius 1 is 1.62 bits per heavy atom. The molecule has 0 saturated carbocycles. The van der Waals surface area contributed by atoms with Crippen LogP contribution in [0.1, 0.15) is 19.5 Å². The molecule has 1 rings (SSSR count). The number of nitrogens with zero attached hydrogens (tertiary/aromatic N) is 2. The van der Waals surface area contributed by atoms with Gasteiger partial charge in [0.25, 0.3) is 5.56 Å². The SMILES string of the molecule is CC(C)Cc1ncn(CC(=O)O)c(=O)c1F. The third kappa shape index (κ3) is 2.88. The van der Waals surface area contributed by atoms with Crippen molar-refractivity contribution in [3.8, 4) is 0 Å². The van der Waals surface area contributed by atoms with Gasteiger partial charge in [-0.3, -0.25) is 14.2 Å². The molecule has 1 aromatic heterocycles. The van der Waals surface area contributed by atoms with E-state index >= 15 is 0 Å². The van der Waals surface area contributed by atoms with Crippen molar-refractivity contribution in [2.45, 2.75) is 26.8 Å². The van der Waals surface area contributed by atoms with Crippen molar-refractivity contribution in [2.75, 3.05) is 0 Å². The van der Waals surface area contributed by atoms with Crippen molar-refractivity contribution in [3.05, 3.63) is 28.2 Å². The van der Waals surface area contributed by atoms with E-state index in [9.17, 15) is 14.0 Å². The molecule has 5 nitrogen and oxygen atoms in total. The molecule has 0 saturated heterocycles. The predicted molar refractivity (Wildman–Crippen MR) is 54.6 cm³/mol. The van der Waals surface area contributed by atoms with Crippen molar-refractivity contribution in [1.82, 2.24) is 9.55 Å². The van der Waals surface area contributed by atoms with E-state index in [2.05, 4.69) is 4.98 Å². The highest BCUT2D eigenvalue weighted by molar-refractivity contribution is 5.66. The summed E-state index contributed by atoms with van der Waals surface area (Å²) in [5.74, 6) is -1.99. The monoisotopic (exact) mass is 228 g/mol. The average Bonchev–Trinajstić information content (AvgIpc) is 2.16. The van der Waals surface area contributed by atoms with E-state index in [4.69, 9.17) is 5.11 Å². The molecular formula is C10H13FN2O3. The van der Waals surface area contributed by atoms with Crippen LogP contribution in [0, 0.1) is 11.7 Å². The molecular weight excluding hydrogens is 215 g/mol. The number of rotatable bonds is 4. The molecule has 1 aromatic rings. The van der Waals surface area contributed by atoms with Crippen LogP contribution in [0.2, 0.25) is 0 Å². The minimum absolute atomic E-state index is 0.0849. The predicted octanol–water partition coefficient (Wildman–Crippen LogP) is 0.666. The lowest BCUT2D eigenvalue weighted by Crippen LogP contribution is -2.28. The molecule has 0 spiro atoms. The first-order valence-electron chi connectivity index (χ1n) is 4.87. The van der Waals surface area contributed by atoms with Crippen LogP contribution in [0.15, 0.2) is 11.1 Å². The quantitative estimate of drug-likeness (QED) is 0.821. The second-order valence-electron chi connectivity index (χ2n) is 3.93. The number of aromatic nitrogens is 2. The molecule has 0 aliphatic heterocycles. The fourth-order valence-corrected chi connectivity index (χ4v) is 1.29. The standard InChI is InChI=1S/C10H13FN2O3/c1-6(2)3-7-9(11)10(16)13(5-12-7)4-8(14)15/h5-6H,3-4H2,1-2H3,(H,14,15). The number of hydrogen-bond acceptors (Lipinski definition) is 3. The van der Waals surface area contributed by atoms with Gasteiger partial charge in [0.2, 0.25) is 5.82 Å². The second-order valence-corrected chi connectivity index (χ2v) is 3.93. The maximum Gasteiger partial charge on any atom is 0.323 e. The smallest absolute Gasteiger partial charge is 0.323 e. The zero-order valence-electron chi connectivity index (χ0n) is 9.11. The summed E-state index contributed by atoms with van der Waals surface area (Å²) >= 11 is 0. The molecule has 0 unspecified atom stereocenters. The molecule has 0 radical (unpaired) electrons. The van der Waals surface area contributed by atoms with Crippen LogP contribution in [0.3, 0.4) is 0 Å². The zero-order valence-corrected chi connectivity index (χ0v) is 9.11. The summed E-state index contributed by atoms with van der Waals surface area (Å²) in [7, 11) is 0. The van der Waals surface area contributed by atoms with Gasteiger partial charge in [0.1, 0.15) is 6.54 Å². The largest absolute Gasteiger partial charge is 0.480 e. The molecule has 6 heteroatoms. The Morgan fingerprint density at radius 3 is 2.75 bits per heavy atom. The number of halogens is 1. The Hall–Kier alpha value is -1.72. The van der Waals surface area contributed by atoms with Gasteiger partial charge in [-0.15, -0.1) is 0 Å². The van der Waals surface area contributed by atoms with Crippen molar-refractivity contribution >= 4 is 5.97 Å². The van der Waals surface area contributed by atoms with Gasteiger partial charge in [-0.25, -0.2) is 4.98 Å². The van der Waals surface area contributed by atoms with Crippen LogP contribution in [0.5, 0.6) is 0 Å². The third-order valence-corrected chi connectivity index (χ3v) is 1.96. The maximum absolute atomic E-state index is 13.5. The minimum atomic E-state index is -1.21. The number of aliphatic carboxylic acids is 1. The molecule has 0 amide bonds. The van der Waals surface area contributed by atoms with Crippen molar-refractivity contribution in [1.29, 1.82) is 0 Å². The van der Waals surface area contributed by atoms with E-state index in [0.717, 1.165) is 10.9 Å². The Morgan fingerprint density at radius 2 is 2.25 bits per heavy atom. The molecule has 1 N–H and O–H groups in total. The van der Waals surface area contributed by atoms with Crippen LogP contribution < -0.4 is 5.56 Å². The van der Waals surface area contributed by atoms with Gasteiger partial charge in [-0.2, -0.15) is 4.39 Å².